The summed E-state index contributed by atoms with van der Waals surface area (Å²) in [4.78, 5) is 24.7. The fourth-order valence-corrected chi connectivity index (χ4v) is 1.87. The number of carbonyl (C=O) groups excluding carboxylic acids is 2. The van der Waals surface area contributed by atoms with Crippen molar-refractivity contribution in [2.75, 3.05) is 10.6 Å². The highest BCUT2D eigenvalue weighted by Crippen LogP contribution is 2.22. The van der Waals surface area contributed by atoms with Gasteiger partial charge in [-0.1, -0.05) is 11.6 Å². The van der Waals surface area contributed by atoms with Gasteiger partial charge in [0.25, 0.3) is 0 Å². The number of nitrogens with one attached hydrogen (secondary N) is 2. The van der Waals surface area contributed by atoms with Crippen molar-refractivity contribution in [2.45, 2.75) is 13.8 Å². The number of rotatable bonds is 4. The predicted molar refractivity (Wildman–Crippen MR) is 88.9 cm³/mol. The summed E-state index contributed by atoms with van der Waals surface area (Å²) in [6.07, 6.45) is 0. The minimum absolute atomic E-state index is 0.400. The number of hydrogen-bond acceptors (Lipinski definition) is 2. The second kappa shape index (κ2) is 6.79. The number of benzene rings is 2. The lowest BCUT2D eigenvalue weighted by atomic mass is 9.90. The molecule has 6 heteroatoms. The van der Waals surface area contributed by atoms with E-state index in [0.717, 1.165) is 0 Å². The van der Waals surface area contributed by atoms with E-state index >= 15 is 0 Å². The summed E-state index contributed by atoms with van der Waals surface area (Å²) in [5.41, 5.74) is -0.348. The highest BCUT2D eigenvalue weighted by Gasteiger charge is 2.36. The molecule has 0 saturated heterocycles. The Bertz CT molecular complexity index is 651. The van der Waals surface area contributed by atoms with E-state index in [-0.39, 0.29) is 0 Å². The average Bonchev–Trinajstić information content (AvgIpc) is 2.51. The van der Waals surface area contributed by atoms with Crippen LogP contribution in [-0.4, -0.2) is 11.8 Å². The lowest BCUT2D eigenvalue weighted by Crippen LogP contribution is -2.41. The van der Waals surface area contributed by atoms with Gasteiger partial charge in [-0.15, -0.1) is 0 Å². The molecule has 2 aromatic rings. The molecule has 0 bridgehead atoms. The van der Waals surface area contributed by atoms with Crippen molar-refractivity contribution in [2.24, 2.45) is 5.41 Å². The van der Waals surface area contributed by atoms with Gasteiger partial charge in [0.05, 0.1) is 0 Å². The first-order valence-electron chi connectivity index (χ1n) is 6.93. The van der Waals surface area contributed by atoms with Crippen LogP contribution in [-0.2, 0) is 9.59 Å². The van der Waals surface area contributed by atoms with Crippen LogP contribution >= 0.6 is 11.6 Å². The van der Waals surface area contributed by atoms with Gasteiger partial charge < -0.3 is 10.6 Å². The summed E-state index contributed by atoms with van der Waals surface area (Å²) >= 11 is 5.79. The van der Waals surface area contributed by atoms with Gasteiger partial charge in [-0.2, -0.15) is 0 Å². The smallest absolute Gasteiger partial charge is 0.239 e. The van der Waals surface area contributed by atoms with Gasteiger partial charge in [0.1, 0.15) is 11.2 Å². The molecule has 4 nitrogen and oxygen atoms in total. The maximum Gasteiger partial charge on any atom is 0.239 e. The summed E-state index contributed by atoms with van der Waals surface area (Å²) in [7, 11) is 0. The van der Waals surface area contributed by atoms with Gasteiger partial charge >= 0.3 is 0 Å². The molecule has 0 atom stereocenters. The maximum absolute atomic E-state index is 12.9. The number of anilines is 2. The molecule has 0 unspecified atom stereocenters. The lowest BCUT2D eigenvalue weighted by Gasteiger charge is -2.22. The average molecular weight is 335 g/mol. The minimum atomic E-state index is -1.31. The first-order chi connectivity index (χ1) is 10.8. The quantitative estimate of drug-likeness (QED) is 0.828. The fraction of sp³-hybridized carbons (Fsp3) is 0.176. The summed E-state index contributed by atoms with van der Waals surface area (Å²) in [5.74, 6) is -1.35. The largest absolute Gasteiger partial charge is 0.325 e. The Hall–Kier alpha value is -2.40. The summed E-state index contributed by atoms with van der Waals surface area (Å²) < 4.78 is 12.9. The van der Waals surface area contributed by atoms with Crippen molar-refractivity contribution in [1.29, 1.82) is 0 Å². The van der Waals surface area contributed by atoms with E-state index < -0.39 is 23.0 Å². The Morgan fingerprint density at radius 1 is 0.870 bits per heavy atom. The van der Waals surface area contributed by atoms with E-state index in [1.165, 1.54) is 38.1 Å². The molecular weight excluding hydrogens is 319 g/mol. The van der Waals surface area contributed by atoms with E-state index in [2.05, 4.69) is 10.6 Å². The van der Waals surface area contributed by atoms with Crippen molar-refractivity contribution in [3.05, 3.63) is 59.4 Å². The van der Waals surface area contributed by atoms with Gasteiger partial charge in [0, 0.05) is 16.4 Å². The third kappa shape index (κ3) is 4.29. The monoisotopic (exact) mass is 334 g/mol. The first-order valence-corrected chi connectivity index (χ1v) is 7.31. The zero-order chi connectivity index (χ0) is 17.0. The standard InChI is InChI=1S/C17H16ClFN2O2/c1-17(2,15(22)20-13-7-3-11(18)4-8-13)16(23)21-14-9-5-12(19)6-10-14/h3-10H,1-2H3,(H,20,22)(H,21,23). The Morgan fingerprint density at radius 3 is 1.70 bits per heavy atom. The number of amides is 2. The Morgan fingerprint density at radius 2 is 1.26 bits per heavy atom. The molecule has 0 fully saturated rings. The molecule has 2 rings (SSSR count). The highest BCUT2D eigenvalue weighted by molar-refractivity contribution is 6.30. The molecular formula is C17H16ClFN2O2. The molecule has 23 heavy (non-hydrogen) atoms. The molecule has 0 radical (unpaired) electrons. The zero-order valence-corrected chi connectivity index (χ0v) is 13.4. The normalized spacial score (nSPS) is 11.0. The molecule has 0 aromatic heterocycles. The fourth-order valence-electron chi connectivity index (χ4n) is 1.74. The van der Waals surface area contributed by atoms with Crippen LogP contribution in [0.2, 0.25) is 5.02 Å². The van der Waals surface area contributed by atoms with Crippen LogP contribution in [0.1, 0.15) is 13.8 Å². The van der Waals surface area contributed by atoms with E-state index in [9.17, 15) is 14.0 Å². The van der Waals surface area contributed by atoms with E-state index in [0.29, 0.717) is 16.4 Å². The summed E-state index contributed by atoms with van der Waals surface area (Å²) in [6, 6.07) is 11.9. The Kier molecular flexibility index (Phi) is 5.01. The van der Waals surface area contributed by atoms with Gasteiger partial charge in [-0.05, 0) is 62.4 Å². The molecule has 0 aliphatic heterocycles. The van der Waals surface area contributed by atoms with Crippen LogP contribution in [0.4, 0.5) is 15.8 Å². The molecule has 120 valence electrons. The Balaban J connectivity index is 2.06. The molecule has 2 amide bonds. The number of halogens is 2. The molecule has 0 aliphatic rings. The van der Waals surface area contributed by atoms with Gasteiger partial charge in [0.2, 0.25) is 11.8 Å². The molecule has 0 aliphatic carbocycles. The van der Waals surface area contributed by atoms with Crippen molar-refractivity contribution in [1.82, 2.24) is 0 Å². The van der Waals surface area contributed by atoms with Gasteiger partial charge in [-0.25, -0.2) is 4.39 Å². The Labute approximate surface area is 138 Å². The zero-order valence-electron chi connectivity index (χ0n) is 12.7. The first kappa shape index (κ1) is 17.0. The van der Waals surface area contributed by atoms with Crippen molar-refractivity contribution >= 4 is 34.8 Å². The third-order valence-corrected chi connectivity index (χ3v) is 3.59. The molecule has 0 heterocycles. The summed E-state index contributed by atoms with van der Waals surface area (Å²) in [6.45, 7) is 3.02. The molecule has 0 saturated carbocycles. The summed E-state index contributed by atoms with van der Waals surface area (Å²) in [5, 5.41) is 5.82. The van der Waals surface area contributed by atoms with Crippen LogP contribution in [0.15, 0.2) is 48.5 Å². The highest BCUT2D eigenvalue weighted by atomic mass is 35.5. The predicted octanol–water partition coefficient (Wildman–Crippen LogP) is 4.08. The SMILES string of the molecule is CC(C)(C(=O)Nc1ccc(F)cc1)C(=O)Nc1ccc(Cl)cc1. The molecule has 0 spiro atoms. The van der Waals surface area contributed by atoms with Crippen LogP contribution < -0.4 is 10.6 Å². The van der Waals surface area contributed by atoms with Crippen LogP contribution in [0.3, 0.4) is 0 Å². The van der Waals surface area contributed by atoms with Crippen LogP contribution in [0.5, 0.6) is 0 Å². The minimum Gasteiger partial charge on any atom is -0.325 e. The van der Waals surface area contributed by atoms with Crippen molar-refractivity contribution in [3.63, 3.8) is 0 Å². The van der Waals surface area contributed by atoms with Gasteiger partial charge in [-0.3, -0.25) is 9.59 Å². The van der Waals surface area contributed by atoms with Crippen molar-refractivity contribution < 1.29 is 14.0 Å². The lowest BCUT2D eigenvalue weighted by molar-refractivity contribution is -0.135. The molecule has 2 N–H and O–H groups in total. The topological polar surface area (TPSA) is 58.2 Å². The third-order valence-electron chi connectivity index (χ3n) is 3.34. The van der Waals surface area contributed by atoms with E-state index in [1.54, 1.807) is 24.3 Å². The van der Waals surface area contributed by atoms with Crippen LogP contribution in [0, 0.1) is 11.2 Å². The number of hydrogen-bond donors (Lipinski definition) is 2. The number of carbonyl (C=O) groups is 2. The maximum atomic E-state index is 12.9. The van der Waals surface area contributed by atoms with E-state index in [1.807, 2.05) is 0 Å². The van der Waals surface area contributed by atoms with Gasteiger partial charge in [0.15, 0.2) is 0 Å². The van der Waals surface area contributed by atoms with E-state index in [4.69, 9.17) is 11.6 Å². The van der Waals surface area contributed by atoms with Crippen molar-refractivity contribution in [3.8, 4) is 0 Å². The second-order valence-corrected chi connectivity index (χ2v) is 5.98. The second-order valence-electron chi connectivity index (χ2n) is 5.55. The van der Waals surface area contributed by atoms with Crippen LogP contribution in [0.25, 0.3) is 0 Å². The molecule has 2 aromatic carbocycles.